The first-order valence-corrected chi connectivity index (χ1v) is 9.21. The average Bonchev–Trinajstić information content (AvgIpc) is 3.36. The van der Waals surface area contributed by atoms with Gasteiger partial charge in [-0.2, -0.15) is 15.1 Å². The van der Waals surface area contributed by atoms with Crippen LogP contribution in [0.25, 0.3) is 6.08 Å². The van der Waals surface area contributed by atoms with Gasteiger partial charge in [0.2, 0.25) is 10.9 Å². The molecule has 2 aliphatic heterocycles. The number of hydrogen-bond acceptors (Lipinski definition) is 7. The van der Waals surface area contributed by atoms with Crippen molar-refractivity contribution in [3.63, 3.8) is 0 Å². The molecule has 1 N–H and O–H groups in total. The Morgan fingerprint density at radius 3 is 2.79 bits per heavy atom. The summed E-state index contributed by atoms with van der Waals surface area (Å²) in [5.41, 5.74) is 0.807. The summed E-state index contributed by atoms with van der Waals surface area (Å²) >= 11 is 1.30. The molecule has 0 fully saturated rings. The van der Waals surface area contributed by atoms with Gasteiger partial charge in [0.15, 0.2) is 5.84 Å². The predicted octanol–water partition coefficient (Wildman–Crippen LogP) is 3.53. The molecule has 0 saturated heterocycles. The van der Waals surface area contributed by atoms with E-state index in [2.05, 4.69) is 10.1 Å². The third-order valence-electron chi connectivity index (χ3n) is 3.92. The highest BCUT2D eigenvalue weighted by molar-refractivity contribution is 8.26. The topological polar surface area (TPSA) is 108 Å². The Kier molecular flexibility index (Phi) is 4.66. The van der Waals surface area contributed by atoms with Crippen molar-refractivity contribution in [3.05, 3.63) is 59.6 Å². The van der Waals surface area contributed by atoms with Gasteiger partial charge in [-0.25, -0.2) is 4.79 Å². The molecule has 0 radical (unpaired) electrons. The third-order valence-corrected chi connectivity index (χ3v) is 4.98. The van der Waals surface area contributed by atoms with E-state index in [0.29, 0.717) is 22.9 Å². The number of nitrogens with one attached hydrogen (secondary N) is 1. The van der Waals surface area contributed by atoms with Gasteiger partial charge in [-0.1, -0.05) is 19.1 Å². The van der Waals surface area contributed by atoms with E-state index < -0.39 is 11.9 Å². The number of amidine groups is 2. The van der Waals surface area contributed by atoms with Gasteiger partial charge in [-0.3, -0.25) is 10.2 Å². The zero-order valence-corrected chi connectivity index (χ0v) is 15.5. The van der Waals surface area contributed by atoms with Crippen molar-refractivity contribution < 1.29 is 18.7 Å². The highest BCUT2D eigenvalue weighted by Crippen LogP contribution is 2.29. The van der Waals surface area contributed by atoms with Gasteiger partial charge in [0.05, 0.1) is 11.8 Å². The first kappa shape index (κ1) is 17.9. The minimum atomic E-state index is -0.599. The fourth-order valence-corrected chi connectivity index (χ4v) is 3.35. The van der Waals surface area contributed by atoms with Crippen LogP contribution in [0.1, 0.15) is 29.5 Å². The Bertz CT molecular complexity index is 1050. The summed E-state index contributed by atoms with van der Waals surface area (Å²) in [6, 6.07) is 9.66. The van der Waals surface area contributed by atoms with E-state index in [0.717, 1.165) is 5.04 Å². The van der Waals surface area contributed by atoms with Gasteiger partial charge in [0.25, 0.3) is 5.91 Å². The highest BCUT2D eigenvalue weighted by atomic mass is 32.2. The maximum Gasteiger partial charge on any atom is 0.379 e. The van der Waals surface area contributed by atoms with E-state index in [1.54, 1.807) is 36.4 Å². The lowest BCUT2D eigenvalue weighted by Gasteiger charge is -2.20. The van der Waals surface area contributed by atoms with E-state index in [1.807, 2.05) is 6.92 Å². The molecule has 0 aliphatic carbocycles. The Balaban J connectivity index is 1.53. The van der Waals surface area contributed by atoms with Crippen LogP contribution in [0, 0.1) is 5.41 Å². The molecule has 4 rings (SSSR count). The lowest BCUT2D eigenvalue weighted by molar-refractivity contribution is -0.114. The predicted molar refractivity (Wildman–Crippen MR) is 105 cm³/mol. The molecule has 140 valence electrons. The second-order valence-electron chi connectivity index (χ2n) is 5.80. The number of aliphatic imine (C=N–C) groups is 1. The first-order chi connectivity index (χ1) is 13.5. The minimum Gasteiger partial charge on any atom is -0.457 e. The number of thioether (sulfide) groups is 1. The number of furan rings is 1. The Morgan fingerprint density at radius 1 is 1.32 bits per heavy atom. The van der Waals surface area contributed by atoms with Crippen LogP contribution < -0.4 is 4.74 Å². The quantitative estimate of drug-likeness (QED) is 0.483. The summed E-state index contributed by atoms with van der Waals surface area (Å²) in [5, 5.41) is 15.2. The highest BCUT2D eigenvalue weighted by Gasteiger charge is 2.35. The number of hydrogen-bond donors (Lipinski definition) is 1. The van der Waals surface area contributed by atoms with E-state index >= 15 is 0 Å². The molecule has 9 heteroatoms. The van der Waals surface area contributed by atoms with Crippen molar-refractivity contribution in [2.45, 2.75) is 13.3 Å². The van der Waals surface area contributed by atoms with E-state index in [9.17, 15) is 9.59 Å². The van der Waals surface area contributed by atoms with Crippen LogP contribution in [-0.4, -0.2) is 32.9 Å². The number of esters is 1. The number of benzene rings is 1. The van der Waals surface area contributed by atoms with Crippen LogP contribution in [-0.2, 0) is 4.79 Å². The summed E-state index contributed by atoms with van der Waals surface area (Å²) in [4.78, 5) is 28.2. The van der Waals surface area contributed by atoms with Crippen LogP contribution in [0.4, 0.5) is 0 Å². The van der Waals surface area contributed by atoms with Crippen molar-refractivity contribution in [2.75, 3.05) is 0 Å². The maximum absolute atomic E-state index is 12.3. The standard InChI is InChI=1S/C19H14N4O4S/c1-2-15-22-23-16(20)13(17(24)21-19(23)28-15)10-11-5-7-12(8-6-11)27-18(25)14-4-3-9-26-14/h3-10,20H,2H2,1H3. The monoisotopic (exact) mass is 394 g/mol. The largest absolute Gasteiger partial charge is 0.457 e. The normalized spacial score (nSPS) is 17.5. The molecule has 3 heterocycles. The van der Waals surface area contributed by atoms with Crippen LogP contribution in [0.15, 0.2) is 62.7 Å². The number of ether oxygens (including phenoxy) is 1. The van der Waals surface area contributed by atoms with Crippen LogP contribution >= 0.6 is 11.8 Å². The lowest BCUT2D eigenvalue weighted by Crippen LogP contribution is -2.35. The second-order valence-corrected chi connectivity index (χ2v) is 6.84. The Hall–Kier alpha value is -3.46. The first-order valence-electron chi connectivity index (χ1n) is 8.40. The molecule has 1 aromatic heterocycles. The number of rotatable bonds is 4. The third kappa shape index (κ3) is 3.39. The number of carbonyl (C=O) groups excluding carboxylic acids is 2. The van der Waals surface area contributed by atoms with Gasteiger partial charge in [0, 0.05) is 0 Å². The number of hydrazone groups is 1. The van der Waals surface area contributed by atoms with Crippen LogP contribution in [0.3, 0.4) is 0 Å². The molecule has 28 heavy (non-hydrogen) atoms. The van der Waals surface area contributed by atoms with Crippen molar-refractivity contribution in [3.8, 4) is 5.75 Å². The molecule has 0 atom stereocenters. The molecule has 1 amide bonds. The fourth-order valence-electron chi connectivity index (χ4n) is 2.53. The van der Waals surface area contributed by atoms with Crippen LogP contribution in [0.5, 0.6) is 5.75 Å². The van der Waals surface area contributed by atoms with Crippen LogP contribution in [0.2, 0.25) is 0 Å². The summed E-state index contributed by atoms with van der Waals surface area (Å²) in [6.07, 6.45) is 3.66. The molecule has 0 unspecified atom stereocenters. The fraction of sp³-hybridized carbons (Fsp3) is 0.105. The number of amides is 1. The van der Waals surface area contributed by atoms with Gasteiger partial charge in [-0.05, 0) is 54.1 Å². The lowest BCUT2D eigenvalue weighted by atomic mass is 10.1. The van der Waals surface area contributed by atoms with E-state index in [-0.39, 0.29) is 17.2 Å². The molecular formula is C19H14N4O4S. The van der Waals surface area contributed by atoms with Gasteiger partial charge < -0.3 is 9.15 Å². The Labute approximate surface area is 164 Å². The van der Waals surface area contributed by atoms with E-state index in [1.165, 1.54) is 29.1 Å². The maximum atomic E-state index is 12.3. The zero-order valence-electron chi connectivity index (χ0n) is 14.7. The van der Waals surface area contributed by atoms with Crippen molar-refractivity contribution in [1.82, 2.24) is 5.01 Å². The van der Waals surface area contributed by atoms with Crippen molar-refractivity contribution in [2.24, 2.45) is 10.1 Å². The molecule has 0 saturated carbocycles. The summed E-state index contributed by atoms with van der Waals surface area (Å²) in [6.45, 7) is 1.95. The SMILES string of the molecule is CCC1=NN2C(=N)C(=Cc3ccc(OC(=O)c4ccco4)cc3)C(=O)N=C2S1. The molecule has 1 aromatic carbocycles. The van der Waals surface area contributed by atoms with E-state index in [4.69, 9.17) is 14.6 Å². The molecular weight excluding hydrogens is 380 g/mol. The number of fused-ring (bicyclic) bond motifs is 1. The second kappa shape index (κ2) is 7.28. The molecule has 2 aliphatic rings. The number of nitrogens with zero attached hydrogens (tertiary/aromatic N) is 3. The van der Waals surface area contributed by atoms with Gasteiger partial charge in [0.1, 0.15) is 10.8 Å². The molecule has 2 aromatic rings. The van der Waals surface area contributed by atoms with Crippen molar-refractivity contribution >= 4 is 45.8 Å². The summed E-state index contributed by atoms with van der Waals surface area (Å²) in [5.74, 6) is -0.652. The minimum absolute atomic E-state index is 0.0146. The molecule has 0 spiro atoms. The summed E-state index contributed by atoms with van der Waals surface area (Å²) in [7, 11) is 0. The molecule has 8 nitrogen and oxygen atoms in total. The summed E-state index contributed by atoms with van der Waals surface area (Å²) < 4.78 is 10.2. The molecule has 0 bridgehead atoms. The Morgan fingerprint density at radius 2 is 2.11 bits per heavy atom. The van der Waals surface area contributed by atoms with Gasteiger partial charge >= 0.3 is 5.97 Å². The smallest absolute Gasteiger partial charge is 0.379 e. The van der Waals surface area contributed by atoms with Gasteiger partial charge in [-0.15, -0.1) is 0 Å². The average molecular weight is 394 g/mol. The zero-order chi connectivity index (χ0) is 19.7. The van der Waals surface area contributed by atoms with Crippen molar-refractivity contribution in [1.29, 1.82) is 5.41 Å². The number of carbonyl (C=O) groups is 2.